The van der Waals surface area contributed by atoms with Crippen molar-refractivity contribution in [2.75, 3.05) is 13.1 Å². The van der Waals surface area contributed by atoms with Crippen molar-refractivity contribution in [2.45, 2.75) is 32.6 Å². The number of nitrogens with one attached hydrogen (secondary N) is 1. The summed E-state index contributed by atoms with van der Waals surface area (Å²) < 4.78 is 0. The van der Waals surface area contributed by atoms with Gasteiger partial charge in [0, 0.05) is 0 Å². The van der Waals surface area contributed by atoms with Gasteiger partial charge in [-0.15, -0.1) is 0 Å². The number of hydrogen-bond acceptors (Lipinski definition) is 1. The van der Waals surface area contributed by atoms with Crippen LogP contribution in [0, 0.1) is 17.8 Å². The largest absolute Gasteiger partial charge is 0.316 e. The molecule has 1 saturated carbocycles. The van der Waals surface area contributed by atoms with E-state index in [1.807, 2.05) is 0 Å². The lowest BCUT2D eigenvalue weighted by Gasteiger charge is -2.38. The van der Waals surface area contributed by atoms with Crippen LogP contribution in [0.3, 0.4) is 0 Å². The molecule has 2 atom stereocenters. The van der Waals surface area contributed by atoms with Crippen molar-refractivity contribution in [3.8, 4) is 0 Å². The predicted molar refractivity (Wildman–Crippen MR) is 47.5 cm³/mol. The fraction of sp³-hybridized carbons (Fsp3) is 1.00. The summed E-state index contributed by atoms with van der Waals surface area (Å²) in [4.78, 5) is 0. The summed E-state index contributed by atoms with van der Waals surface area (Å²) in [6.45, 7) is 5.02. The minimum atomic E-state index is 1.01. The van der Waals surface area contributed by atoms with Crippen molar-refractivity contribution in [2.24, 2.45) is 17.8 Å². The summed E-state index contributed by atoms with van der Waals surface area (Å²) in [5.41, 5.74) is 0. The van der Waals surface area contributed by atoms with Crippen molar-refractivity contribution in [1.82, 2.24) is 5.32 Å². The van der Waals surface area contributed by atoms with E-state index in [9.17, 15) is 0 Å². The summed E-state index contributed by atoms with van der Waals surface area (Å²) in [6, 6.07) is 0. The van der Waals surface area contributed by atoms with Gasteiger partial charge in [-0.1, -0.05) is 26.2 Å². The summed E-state index contributed by atoms with van der Waals surface area (Å²) in [5.74, 6) is 3.12. The van der Waals surface area contributed by atoms with Gasteiger partial charge in [-0.25, -0.2) is 0 Å². The first-order valence-corrected chi connectivity index (χ1v) is 5.07. The van der Waals surface area contributed by atoms with Gasteiger partial charge in [0.05, 0.1) is 0 Å². The van der Waals surface area contributed by atoms with Crippen LogP contribution in [0.2, 0.25) is 0 Å². The maximum atomic E-state index is 3.37. The van der Waals surface area contributed by atoms with E-state index in [0.29, 0.717) is 0 Å². The van der Waals surface area contributed by atoms with Gasteiger partial charge in [-0.05, 0) is 37.3 Å². The van der Waals surface area contributed by atoms with Crippen molar-refractivity contribution < 1.29 is 0 Å². The summed E-state index contributed by atoms with van der Waals surface area (Å²) in [5, 5.41) is 3.37. The molecule has 1 N–H and O–H groups in total. The van der Waals surface area contributed by atoms with E-state index in [2.05, 4.69) is 12.2 Å². The summed E-state index contributed by atoms with van der Waals surface area (Å²) in [7, 11) is 0. The molecule has 0 unspecified atom stereocenters. The van der Waals surface area contributed by atoms with E-state index in [1.165, 1.54) is 38.8 Å². The maximum absolute atomic E-state index is 3.37. The van der Waals surface area contributed by atoms with Crippen LogP contribution in [-0.2, 0) is 0 Å². The summed E-state index contributed by atoms with van der Waals surface area (Å²) in [6.07, 6.45) is 5.99. The second kappa shape index (κ2) is 3.14. The Morgan fingerprint density at radius 2 is 1.91 bits per heavy atom. The molecule has 0 radical (unpaired) electrons. The van der Waals surface area contributed by atoms with E-state index in [-0.39, 0.29) is 0 Å². The molecule has 1 aliphatic heterocycles. The van der Waals surface area contributed by atoms with E-state index < -0.39 is 0 Å². The van der Waals surface area contributed by atoms with Crippen LogP contribution in [-0.4, -0.2) is 13.1 Å². The Bertz CT molecular complexity index is 129. The smallest absolute Gasteiger partial charge is 0.000559 e. The van der Waals surface area contributed by atoms with Crippen molar-refractivity contribution in [3.63, 3.8) is 0 Å². The fourth-order valence-corrected chi connectivity index (χ4v) is 2.55. The molecule has 64 valence electrons. The molecule has 0 amide bonds. The summed E-state index contributed by atoms with van der Waals surface area (Å²) >= 11 is 0. The van der Waals surface area contributed by atoms with Gasteiger partial charge in [0.15, 0.2) is 0 Å². The van der Waals surface area contributed by atoms with Crippen LogP contribution in [0.15, 0.2) is 0 Å². The fourth-order valence-electron chi connectivity index (χ4n) is 2.55. The maximum Gasteiger partial charge on any atom is -0.000559 e. The zero-order valence-electron chi connectivity index (χ0n) is 7.47. The Morgan fingerprint density at radius 1 is 1.09 bits per heavy atom. The molecule has 2 rings (SSSR count). The average molecular weight is 153 g/mol. The highest BCUT2D eigenvalue weighted by molar-refractivity contribution is 4.84. The molecule has 1 heteroatoms. The Morgan fingerprint density at radius 3 is 2.45 bits per heavy atom. The average Bonchev–Trinajstić information content (AvgIpc) is 1.83. The zero-order valence-corrected chi connectivity index (χ0v) is 7.47. The molecule has 0 aromatic rings. The quantitative estimate of drug-likeness (QED) is 0.608. The van der Waals surface area contributed by atoms with E-state index >= 15 is 0 Å². The van der Waals surface area contributed by atoms with Gasteiger partial charge in [-0.3, -0.25) is 0 Å². The third-order valence-electron chi connectivity index (χ3n) is 3.46. The monoisotopic (exact) mass is 153 g/mol. The van der Waals surface area contributed by atoms with Crippen molar-refractivity contribution in [3.05, 3.63) is 0 Å². The van der Waals surface area contributed by atoms with Crippen LogP contribution in [0.25, 0.3) is 0 Å². The first-order valence-electron chi connectivity index (χ1n) is 5.07. The van der Waals surface area contributed by atoms with Crippen LogP contribution >= 0.6 is 0 Å². The standard InChI is InChI=1S/C10H19N/c1-8-3-2-4-9(5-8)10-6-11-7-10/h8-11H,2-7H2,1H3/t8-,9-/m0/s1. The molecule has 1 aliphatic carbocycles. The minimum Gasteiger partial charge on any atom is -0.316 e. The molecule has 11 heavy (non-hydrogen) atoms. The highest BCUT2D eigenvalue weighted by Crippen LogP contribution is 2.34. The highest BCUT2D eigenvalue weighted by atomic mass is 14.9. The Labute approximate surface area is 69.6 Å². The van der Waals surface area contributed by atoms with Crippen LogP contribution in [0.5, 0.6) is 0 Å². The van der Waals surface area contributed by atoms with Crippen molar-refractivity contribution >= 4 is 0 Å². The van der Waals surface area contributed by atoms with Crippen LogP contribution in [0.1, 0.15) is 32.6 Å². The van der Waals surface area contributed by atoms with E-state index in [4.69, 9.17) is 0 Å². The molecule has 1 heterocycles. The Hall–Kier alpha value is -0.0400. The lowest BCUT2D eigenvalue weighted by molar-refractivity contribution is 0.156. The van der Waals surface area contributed by atoms with Gasteiger partial charge >= 0.3 is 0 Å². The lowest BCUT2D eigenvalue weighted by atomic mass is 9.74. The Kier molecular flexibility index (Phi) is 2.17. The first-order chi connectivity index (χ1) is 5.36. The molecule has 0 bridgehead atoms. The molecule has 0 aromatic heterocycles. The topological polar surface area (TPSA) is 12.0 Å². The van der Waals surface area contributed by atoms with Gasteiger partial charge in [-0.2, -0.15) is 0 Å². The van der Waals surface area contributed by atoms with Gasteiger partial charge in [0.1, 0.15) is 0 Å². The predicted octanol–water partition coefficient (Wildman–Crippen LogP) is 2.03. The Balaban J connectivity index is 1.82. The molecule has 0 spiro atoms. The third-order valence-corrected chi connectivity index (χ3v) is 3.46. The van der Waals surface area contributed by atoms with Crippen LogP contribution in [0.4, 0.5) is 0 Å². The number of hydrogen-bond donors (Lipinski definition) is 1. The number of rotatable bonds is 1. The second-order valence-electron chi connectivity index (χ2n) is 4.45. The highest BCUT2D eigenvalue weighted by Gasteiger charge is 2.29. The van der Waals surface area contributed by atoms with Crippen LogP contribution < -0.4 is 5.32 Å². The molecule has 1 nitrogen and oxygen atoms in total. The van der Waals surface area contributed by atoms with Gasteiger partial charge in [0.2, 0.25) is 0 Å². The van der Waals surface area contributed by atoms with Gasteiger partial charge in [0.25, 0.3) is 0 Å². The van der Waals surface area contributed by atoms with Crippen molar-refractivity contribution in [1.29, 1.82) is 0 Å². The first kappa shape index (κ1) is 7.60. The lowest BCUT2D eigenvalue weighted by Crippen LogP contribution is -2.47. The molecule has 2 fully saturated rings. The molecule has 2 aliphatic rings. The molecular formula is C10H19N. The SMILES string of the molecule is C[C@H]1CCC[C@H](C2CNC2)C1. The molecule has 1 saturated heterocycles. The van der Waals surface area contributed by atoms with Gasteiger partial charge < -0.3 is 5.32 Å². The van der Waals surface area contributed by atoms with E-state index in [1.54, 1.807) is 0 Å². The third kappa shape index (κ3) is 1.58. The molecule has 0 aromatic carbocycles. The zero-order chi connectivity index (χ0) is 7.68. The normalized spacial score (nSPS) is 40.1. The minimum absolute atomic E-state index is 1.01. The molecular weight excluding hydrogens is 134 g/mol. The van der Waals surface area contributed by atoms with E-state index in [0.717, 1.165) is 17.8 Å². The second-order valence-corrected chi connectivity index (χ2v) is 4.45.